The Morgan fingerprint density at radius 1 is 1.12 bits per heavy atom. The molecule has 25 heavy (non-hydrogen) atoms. The van der Waals surface area contributed by atoms with Gasteiger partial charge in [0.15, 0.2) is 0 Å². The highest BCUT2D eigenvalue weighted by molar-refractivity contribution is 7.89. The molecule has 0 saturated carbocycles. The first-order valence-electron chi connectivity index (χ1n) is 8.20. The van der Waals surface area contributed by atoms with Crippen LogP contribution in [-0.4, -0.2) is 24.5 Å². The molecule has 0 atom stereocenters. The van der Waals surface area contributed by atoms with Crippen LogP contribution in [0.1, 0.15) is 19.2 Å². The topological polar surface area (TPSA) is 64.0 Å². The van der Waals surface area contributed by atoms with Crippen molar-refractivity contribution in [1.29, 1.82) is 0 Å². The number of nitrogens with zero attached hydrogens (tertiary/aromatic N) is 2. The lowest BCUT2D eigenvalue weighted by Crippen LogP contribution is -2.26. The lowest BCUT2D eigenvalue weighted by atomic mass is 10.3. The molecule has 3 rings (SSSR count). The van der Waals surface area contributed by atoms with E-state index in [1.165, 1.54) is 12.1 Å². The molecule has 0 radical (unpaired) electrons. The molecule has 1 aromatic heterocycles. The number of para-hydroxylation sites is 2. The minimum atomic E-state index is -3.66. The molecule has 1 N–H and O–H groups in total. The molecule has 132 valence electrons. The zero-order valence-corrected chi connectivity index (χ0v) is 14.8. The first-order chi connectivity index (χ1) is 12.0. The standard InChI is InChI=1S/C18H20FN3O2S/c1-2-13-22-17-6-4-3-5-16(17)21-18(22)11-12-20-25(23,24)15-9-7-14(19)8-10-15/h3-10,20H,2,11-13H2,1H3. The van der Waals surface area contributed by atoms with E-state index in [0.717, 1.165) is 42.0 Å². The van der Waals surface area contributed by atoms with Gasteiger partial charge in [-0.05, 0) is 42.8 Å². The van der Waals surface area contributed by atoms with Crippen LogP contribution in [0.25, 0.3) is 11.0 Å². The highest BCUT2D eigenvalue weighted by atomic mass is 32.2. The second-order valence-corrected chi connectivity index (χ2v) is 7.54. The largest absolute Gasteiger partial charge is 0.328 e. The van der Waals surface area contributed by atoms with E-state index >= 15 is 0 Å². The average Bonchev–Trinajstić information content (AvgIpc) is 2.93. The summed E-state index contributed by atoms with van der Waals surface area (Å²) in [7, 11) is -3.66. The molecule has 0 saturated heterocycles. The summed E-state index contributed by atoms with van der Waals surface area (Å²) in [6.45, 7) is 3.16. The van der Waals surface area contributed by atoms with Gasteiger partial charge in [-0.1, -0.05) is 19.1 Å². The van der Waals surface area contributed by atoms with Crippen LogP contribution in [0.2, 0.25) is 0 Å². The fraction of sp³-hybridized carbons (Fsp3) is 0.278. The summed E-state index contributed by atoms with van der Waals surface area (Å²) in [6.07, 6.45) is 1.45. The van der Waals surface area contributed by atoms with E-state index < -0.39 is 15.8 Å². The molecule has 3 aromatic rings. The second kappa shape index (κ2) is 7.33. The van der Waals surface area contributed by atoms with Gasteiger partial charge in [0.05, 0.1) is 15.9 Å². The van der Waals surface area contributed by atoms with E-state index in [1.54, 1.807) is 0 Å². The summed E-state index contributed by atoms with van der Waals surface area (Å²) >= 11 is 0. The molecule has 0 fully saturated rings. The van der Waals surface area contributed by atoms with E-state index in [0.29, 0.717) is 6.42 Å². The SMILES string of the molecule is CCCn1c(CCNS(=O)(=O)c2ccc(F)cc2)nc2ccccc21. The summed E-state index contributed by atoms with van der Waals surface area (Å²) in [5.74, 6) is 0.386. The van der Waals surface area contributed by atoms with Crippen LogP contribution < -0.4 is 4.72 Å². The minimum Gasteiger partial charge on any atom is -0.328 e. The van der Waals surface area contributed by atoms with Crippen molar-refractivity contribution in [2.75, 3.05) is 6.54 Å². The van der Waals surface area contributed by atoms with Gasteiger partial charge >= 0.3 is 0 Å². The van der Waals surface area contributed by atoms with Crippen LogP contribution in [0.4, 0.5) is 4.39 Å². The number of sulfonamides is 1. The van der Waals surface area contributed by atoms with Crippen molar-refractivity contribution in [1.82, 2.24) is 14.3 Å². The van der Waals surface area contributed by atoms with Gasteiger partial charge in [-0.15, -0.1) is 0 Å². The Morgan fingerprint density at radius 2 is 1.84 bits per heavy atom. The van der Waals surface area contributed by atoms with E-state index in [1.807, 2.05) is 24.3 Å². The van der Waals surface area contributed by atoms with Gasteiger partial charge in [-0.25, -0.2) is 22.5 Å². The van der Waals surface area contributed by atoms with Crippen LogP contribution in [0.15, 0.2) is 53.4 Å². The molecule has 0 amide bonds. The van der Waals surface area contributed by atoms with Crippen molar-refractivity contribution in [2.45, 2.75) is 31.2 Å². The Labute approximate surface area is 146 Å². The molecule has 2 aromatic carbocycles. The smallest absolute Gasteiger partial charge is 0.240 e. The van der Waals surface area contributed by atoms with Gasteiger partial charge in [0.2, 0.25) is 10.0 Å². The van der Waals surface area contributed by atoms with Gasteiger partial charge in [0.25, 0.3) is 0 Å². The fourth-order valence-corrected chi connectivity index (χ4v) is 3.82. The Hall–Kier alpha value is -2.25. The van der Waals surface area contributed by atoms with Crippen molar-refractivity contribution < 1.29 is 12.8 Å². The molecule has 0 spiro atoms. The predicted octanol–water partition coefficient (Wildman–Crippen LogP) is 3.11. The fourth-order valence-electron chi connectivity index (χ4n) is 2.78. The molecule has 0 aliphatic carbocycles. The van der Waals surface area contributed by atoms with Crippen LogP contribution in [0.5, 0.6) is 0 Å². The number of rotatable bonds is 7. The number of nitrogens with one attached hydrogen (secondary N) is 1. The number of fused-ring (bicyclic) bond motifs is 1. The van der Waals surface area contributed by atoms with Crippen molar-refractivity contribution >= 4 is 21.1 Å². The second-order valence-electron chi connectivity index (χ2n) is 5.77. The Kier molecular flexibility index (Phi) is 5.15. The van der Waals surface area contributed by atoms with Gasteiger partial charge in [-0.3, -0.25) is 0 Å². The number of aryl methyl sites for hydroxylation is 1. The van der Waals surface area contributed by atoms with Gasteiger partial charge in [0, 0.05) is 19.5 Å². The van der Waals surface area contributed by atoms with Crippen LogP contribution >= 0.6 is 0 Å². The third kappa shape index (κ3) is 3.88. The number of imidazole rings is 1. The summed E-state index contributed by atoms with van der Waals surface area (Å²) in [5, 5.41) is 0. The zero-order valence-electron chi connectivity index (χ0n) is 13.9. The molecule has 1 heterocycles. The number of hydrogen-bond donors (Lipinski definition) is 1. The summed E-state index contributed by atoms with van der Waals surface area (Å²) in [6, 6.07) is 12.7. The van der Waals surface area contributed by atoms with Crippen molar-refractivity contribution in [3.8, 4) is 0 Å². The highest BCUT2D eigenvalue weighted by Gasteiger charge is 2.15. The lowest BCUT2D eigenvalue weighted by Gasteiger charge is -2.09. The normalized spacial score (nSPS) is 11.9. The van der Waals surface area contributed by atoms with Crippen molar-refractivity contribution in [3.63, 3.8) is 0 Å². The molecule has 5 nitrogen and oxygen atoms in total. The highest BCUT2D eigenvalue weighted by Crippen LogP contribution is 2.17. The zero-order chi connectivity index (χ0) is 17.9. The number of hydrogen-bond acceptors (Lipinski definition) is 3. The molecule has 0 aliphatic rings. The molecule has 0 bridgehead atoms. The Balaban J connectivity index is 1.74. The summed E-state index contributed by atoms with van der Waals surface area (Å²) in [5.41, 5.74) is 1.97. The first kappa shape index (κ1) is 17.6. The maximum Gasteiger partial charge on any atom is 0.240 e. The number of benzene rings is 2. The molecule has 0 aliphatic heterocycles. The van der Waals surface area contributed by atoms with E-state index in [-0.39, 0.29) is 11.4 Å². The van der Waals surface area contributed by atoms with Gasteiger partial charge in [0.1, 0.15) is 11.6 Å². The molecule has 0 unspecified atom stereocenters. The van der Waals surface area contributed by atoms with Crippen LogP contribution in [0.3, 0.4) is 0 Å². The number of aromatic nitrogens is 2. The molecular weight excluding hydrogens is 341 g/mol. The lowest BCUT2D eigenvalue weighted by molar-refractivity contribution is 0.577. The number of halogens is 1. The minimum absolute atomic E-state index is 0.0518. The molecular formula is C18H20FN3O2S. The van der Waals surface area contributed by atoms with Crippen LogP contribution in [0, 0.1) is 5.82 Å². The Morgan fingerprint density at radius 3 is 2.56 bits per heavy atom. The quantitative estimate of drug-likeness (QED) is 0.703. The van der Waals surface area contributed by atoms with E-state index in [9.17, 15) is 12.8 Å². The van der Waals surface area contributed by atoms with Gasteiger partial charge < -0.3 is 4.57 Å². The summed E-state index contributed by atoms with van der Waals surface area (Å²) in [4.78, 5) is 4.67. The monoisotopic (exact) mass is 361 g/mol. The van der Waals surface area contributed by atoms with Gasteiger partial charge in [-0.2, -0.15) is 0 Å². The third-order valence-electron chi connectivity index (χ3n) is 3.95. The van der Waals surface area contributed by atoms with Crippen molar-refractivity contribution in [3.05, 3.63) is 60.2 Å². The maximum absolute atomic E-state index is 12.9. The predicted molar refractivity (Wildman–Crippen MR) is 95.3 cm³/mol. The first-order valence-corrected chi connectivity index (χ1v) is 9.69. The van der Waals surface area contributed by atoms with E-state index in [2.05, 4.69) is 21.2 Å². The third-order valence-corrected chi connectivity index (χ3v) is 5.42. The van der Waals surface area contributed by atoms with Crippen LogP contribution in [-0.2, 0) is 23.0 Å². The van der Waals surface area contributed by atoms with E-state index in [4.69, 9.17) is 0 Å². The summed E-state index contributed by atoms with van der Waals surface area (Å²) < 4.78 is 42.1. The maximum atomic E-state index is 12.9. The average molecular weight is 361 g/mol. The molecule has 7 heteroatoms. The van der Waals surface area contributed by atoms with Crippen molar-refractivity contribution in [2.24, 2.45) is 0 Å². The Bertz CT molecular complexity index is 966.